The van der Waals surface area contributed by atoms with Gasteiger partial charge in [0, 0.05) is 37.1 Å². The molecule has 0 bridgehead atoms. The van der Waals surface area contributed by atoms with Gasteiger partial charge in [0.25, 0.3) is 0 Å². The third-order valence-corrected chi connectivity index (χ3v) is 4.62. The van der Waals surface area contributed by atoms with E-state index in [1.165, 1.54) is 16.7 Å². The molecule has 1 aromatic heterocycles. The molecule has 2 N–H and O–H groups in total. The number of aryl methyl sites for hydroxylation is 2. The molecule has 0 spiro atoms. The van der Waals surface area contributed by atoms with Crippen LogP contribution < -0.4 is 10.6 Å². The van der Waals surface area contributed by atoms with E-state index in [0.717, 1.165) is 11.5 Å². The molecular weight excluding hydrogens is 501 g/mol. The largest absolute Gasteiger partial charge is 0.356 e. The molecule has 0 fully saturated rings. The molecule has 6 nitrogen and oxygen atoms in total. The monoisotopic (exact) mass is 525 g/mol. The molecule has 8 heteroatoms. The molecule has 0 saturated heterocycles. The molecule has 0 unspecified atom stereocenters. The number of hydrogen-bond acceptors (Lipinski definition) is 4. The Bertz CT molecular complexity index is 956. The van der Waals surface area contributed by atoms with Crippen molar-refractivity contribution >= 4 is 41.5 Å². The van der Waals surface area contributed by atoms with E-state index in [9.17, 15) is 0 Å². The van der Waals surface area contributed by atoms with Gasteiger partial charge in [-0.25, -0.2) is 0 Å². The topological polar surface area (TPSA) is 75.3 Å². The third-order valence-electron chi connectivity index (χ3n) is 4.37. The maximum atomic E-state index is 5.91. The fraction of sp³-hybridized carbons (Fsp3) is 0.286. The van der Waals surface area contributed by atoms with Crippen molar-refractivity contribution in [3.63, 3.8) is 0 Å². The first-order valence-corrected chi connectivity index (χ1v) is 9.52. The van der Waals surface area contributed by atoms with Crippen molar-refractivity contribution < 1.29 is 4.52 Å². The van der Waals surface area contributed by atoms with E-state index >= 15 is 0 Å². The van der Waals surface area contributed by atoms with E-state index in [1.54, 1.807) is 19.2 Å². The minimum absolute atomic E-state index is 0. The number of hydrogen-bond donors (Lipinski definition) is 2. The summed E-state index contributed by atoms with van der Waals surface area (Å²) in [5, 5.41) is 11.3. The summed E-state index contributed by atoms with van der Waals surface area (Å²) in [6.45, 7) is 5.57. The number of benzene rings is 2. The fourth-order valence-corrected chi connectivity index (χ4v) is 2.93. The maximum Gasteiger partial charge on any atom is 0.228 e. The second-order valence-electron chi connectivity index (χ2n) is 6.55. The Labute approximate surface area is 193 Å². The van der Waals surface area contributed by atoms with Crippen molar-refractivity contribution in [2.24, 2.45) is 4.99 Å². The van der Waals surface area contributed by atoms with Crippen molar-refractivity contribution in [3.05, 3.63) is 70.1 Å². The number of halogens is 2. The molecule has 2 aromatic carbocycles. The van der Waals surface area contributed by atoms with E-state index in [-0.39, 0.29) is 24.0 Å². The van der Waals surface area contributed by atoms with Crippen LogP contribution in [0.2, 0.25) is 5.02 Å². The zero-order chi connectivity index (χ0) is 19.9. The molecule has 29 heavy (non-hydrogen) atoms. The number of guanidine groups is 1. The first-order chi connectivity index (χ1) is 13.5. The van der Waals surface area contributed by atoms with Gasteiger partial charge in [-0.1, -0.05) is 40.5 Å². The van der Waals surface area contributed by atoms with Crippen molar-refractivity contribution in [1.82, 2.24) is 20.8 Å². The van der Waals surface area contributed by atoms with Gasteiger partial charge in [-0.05, 0) is 49.2 Å². The summed E-state index contributed by atoms with van der Waals surface area (Å²) in [5.74, 6) is 1.86. The number of nitrogens with zero attached hydrogens (tertiary/aromatic N) is 3. The fourth-order valence-electron chi connectivity index (χ4n) is 2.80. The summed E-state index contributed by atoms with van der Waals surface area (Å²) in [6, 6.07) is 13.8. The molecule has 0 saturated carbocycles. The Hall–Kier alpha value is -2.13. The van der Waals surface area contributed by atoms with Crippen LogP contribution in [0.25, 0.3) is 11.4 Å². The first kappa shape index (κ1) is 23.2. The summed E-state index contributed by atoms with van der Waals surface area (Å²) in [5.41, 5.74) is 4.65. The van der Waals surface area contributed by atoms with Crippen LogP contribution in [-0.4, -0.2) is 29.7 Å². The van der Waals surface area contributed by atoms with Gasteiger partial charge in [-0.2, -0.15) is 4.98 Å². The second kappa shape index (κ2) is 11.2. The van der Waals surface area contributed by atoms with Crippen LogP contribution in [0.1, 0.15) is 22.6 Å². The molecule has 0 aliphatic heterocycles. The van der Waals surface area contributed by atoms with Crippen LogP contribution in [0, 0.1) is 13.8 Å². The van der Waals surface area contributed by atoms with Crippen molar-refractivity contribution in [3.8, 4) is 11.4 Å². The van der Waals surface area contributed by atoms with Crippen LogP contribution in [0.4, 0.5) is 0 Å². The number of nitrogens with one attached hydrogen (secondary N) is 2. The normalized spacial score (nSPS) is 11.1. The minimum atomic E-state index is 0. The number of aromatic nitrogens is 2. The third kappa shape index (κ3) is 6.71. The molecule has 3 rings (SSSR count). The molecule has 0 amide bonds. The lowest BCUT2D eigenvalue weighted by atomic mass is 10.1. The lowest BCUT2D eigenvalue weighted by molar-refractivity contribution is 0.378. The van der Waals surface area contributed by atoms with Gasteiger partial charge in [0.15, 0.2) is 5.96 Å². The highest BCUT2D eigenvalue weighted by Crippen LogP contribution is 2.18. The summed E-state index contributed by atoms with van der Waals surface area (Å²) in [7, 11) is 1.75. The SMILES string of the molecule is CN=C(NCCc1nc(-c2ccc(Cl)cc2)no1)NCc1ccc(C)cc1C.I. The van der Waals surface area contributed by atoms with E-state index in [4.69, 9.17) is 16.1 Å². The summed E-state index contributed by atoms with van der Waals surface area (Å²) in [6.07, 6.45) is 0.602. The smallest absolute Gasteiger partial charge is 0.228 e. The van der Waals surface area contributed by atoms with Crippen LogP contribution in [0.3, 0.4) is 0 Å². The van der Waals surface area contributed by atoms with Gasteiger partial charge in [0.2, 0.25) is 11.7 Å². The van der Waals surface area contributed by atoms with Crippen molar-refractivity contribution in [1.29, 1.82) is 0 Å². The van der Waals surface area contributed by atoms with Crippen LogP contribution >= 0.6 is 35.6 Å². The standard InChI is InChI=1S/C21H24ClN5O.HI/c1-14-4-5-17(15(2)12-14)13-25-21(23-3)24-11-10-19-26-20(27-28-19)16-6-8-18(22)9-7-16;/h4-9,12H,10-11,13H2,1-3H3,(H2,23,24,25);1H. The highest BCUT2D eigenvalue weighted by molar-refractivity contribution is 14.0. The molecule has 154 valence electrons. The Balaban J connectivity index is 0.00000300. The van der Waals surface area contributed by atoms with Crippen LogP contribution in [-0.2, 0) is 13.0 Å². The Morgan fingerprint density at radius 1 is 1.10 bits per heavy atom. The van der Waals surface area contributed by atoms with Gasteiger partial charge in [-0.15, -0.1) is 24.0 Å². The lowest BCUT2D eigenvalue weighted by Gasteiger charge is -2.13. The van der Waals surface area contributed by atoms with Crippen LogP contribution in [0.15, 0.2) is 52.0 Å². The minimum Gasteiger partial charge on any atom is -0.356 e. The maximum absolute atomic E-state index is 5.91. The molecule has 0 radical (unpaired) electrons. The lowest BCUT2D eigenvalue weighted by Crippen LogP contribution is -2.38. The average molecular weight is 526 g/mol. The van der Waals surface area contributed by atoms with E-state index < -0.39 is 0 Å². The molecule has 0 atom stereocenters. The molecule has 1 heterocycles. The number of aliphatic imine (C=N–C) groups is 1. The predicted molar refractivity (Wildman–Crippen MR) is 128 cm³/mol. The van der Waals surface area contributed by atoms with E-state index in [0.29, 0.717) is 36.2 Å². The van der Waals surface area contributed by atoms with Gasteiger partial charge in [-0.3, -0.25) is 4.99 Å². The Morgan fingerprint density at radius 2 is 1.86 bits per heavy atom. The van der Waals surface area contributed by atoms with E-state index in [1.807, 2.05) is 12.1 Å². The van der Waals surface area contributed by atoms with Gasteiger partial charge < -0.3 is 15.2 Å². The predicted octanol–water partition coefficient (Wildman–Crippen LogP) is 4.53. The molecule has 0 aliphatic carbocycles. The Kier molecular flexibility index (Phi) is 8.91. The summed E-state index contributed by atoms with van der Waals surface area (Å²) < 4.78 is 5.33. The number of rotatable bonds is 6. The highest BCUT2D eigenvalue weighted by Gasteiger charge is 2.09. The van der Waals surface area contributed by atoms with Crippen molar-refractivity contribution in [2.75, 3.05) is 13.6 Å². The first-order valence-electron chi connectivity index (χ1n) is 9.14. The highest BCUT2D eigenvalue weighted by atomic mass is 127. The zero-order valence-electron chi connectivity index (χ0n) is 16.7. The average Bonchev–Trinajstić information content (AvgIpc) is 3.15. The van der Waals surface area contributed by atoms with Gasteiger partial charge >= 0.3 is 0 Å². The van der Waals surface area contributed by atoms with Crippen LogP contribution in [0.5, 0.6) is 0 Å². The summed E-state index contributed by atoms with van der Waals surface area (Å²) >= 11 is 5.91. The van der Waals surface area contributed by atoms with Crippen molar-refractivity contribution in [2.45, 2.75) is 26.8 Å². The quantitative estimate of drug-likeness (QED) is 0.281. The zero-order valence-corrected chi connectivity index (χ0v) is 19.8. The summed E-state index contributed by atoms with van der Waals surface area (Å²) in [4.78, 5) is 8.68. The second-order valence-corrected chi connectivity index (χ2v) is 6.99. The van der Waals surface area contributed by atoms with Gasteiger partial charge in [0.1, 0.15) is 0 Å². The van der Waals surface area contributed by atoms with E-state index in [2.05, 4.69) is 57.8 Å². The Morgan fingerprint density at radius 3 is 2.55 bits per heavy atom. The molecular formula is C21H25ClIN5O. The molecule has 3 aromatic rings. The van der Waals surface area contributed by atoms with Gasteiger partial charge in [0.05, 0.1) is 0 Å². The molecule has 0 aliphatic rings.